The number of fused-ring (bicyclic) bond motifs is 1. The lowest BCUT2D eigenvalue weighted by atomic mass is 9.90. The second-order valence-corrected chi connectivity index (χ2v) is 7.36. The molecule has 152 valence electrons. The molecule has 1 saturated carbocycles. The summed E-state index contributed by atoms with van der Waals surface area (Å²) in [7, 11) is 1.32. The number of anilines is 1. The molecule has 0 radical (unpaired) electrons. The van der Waals surface area contributed by atoms with E-state index in [9.17, 15) is 9.18 Å². The first-order valence-electron chi connectivity index (χ1n) is 9.31. The molecule has 2 atom stereocenters. The smallest absolute Gasteiger partial charge is 0.407 e. The highest BCUT2D eigenvalue weighted by atomic mass is 35.5. The second kappa shape index (κ2) is 8.20. The van der Waals surface area contributed by atoms with Crippen LogP contribution < -0.4 is 10.6 Å². The predicted molar refractivity (Wildman–Crippen MR) is 107 cm³/mol. The zero-order valence-electron chi connectivity index (χ0n) is 15.7. The van der Waals surface area contributed by atoms with Crippen LogP contribution in [-0.4, -0.2) is 45.2 Å². The Morgan fingerprint density at radius 1 is 1.28 bits per heavy atom. The van der Waals surface area contributed by atoms with Crippen LogP contribution in [0.2, 0.25) is 5.02 Å². The van der Waals surface area contributed by atoms with Crippen molar-refractivity contribution in [3.8, 4) is 11.4 Å². The van der Waals surface area contributed by atoms with E-state index in [0.717, 1.165) is 37.3 Å². The van der Waals surface area contributed by atoms with Gasteiger partial charge >= 0.3 is 6.09 Å². The first-order valence-corrected chi connectivity index (χ1v) is 9.69. The molecular weight excluding hydrogens is 399 g/mol. The van der Waals surface area contributed by atoms with Crippen molar-refractivity contribution in [1.82, 2.24) is 25.3 Å². The standard InChI is InChI=1S/C19H20ClFN6O2/c1-29-19(28)26-15-5-3-2-4-14(15)25-18-13(21)9-24-17(27-18)12-8-23-16-11(12)6-10(20)7-22-16/h6-9,14-15H,2-5H2,1H3,(H,22,23)(H,26,28)(H,24,25,27)/t14-,15-/m0/s1. The van der Waals surface area contributed by atoms with E-state index in [-0.39, 0.29) is 17.9 Å². The van der Waals surface area contributed by atoms with Gasteiger partial charge in [0.15, 0.2) is 17.5 Å². The summed E-state index contributed by atoms with van der Waals surface area (Å²) >= 11 is 6.06. The van der Waals surface area contributed by atoms with Crippen LogP contribution in [0.4, 0.5) is 15.0 Å². The minimum Gasteiger partial charge on any atom is -0.453 e. The fraction of sp³-hybridized carbons (Fsp3) is 0.368. The number of pyridine rings is 1. The van der Waals surface area contributed by atoms with Crippen LogP contribution in [0.15, 0.2) is 24.7 Å². The molecule has 1 aliphatic carbocycles. The molecule has 0 unspecified atom stereocenters. The van der Waals surface area contributed by atoms with E-state index in [0.29, 0.717) is 22.1 Å². The zero-order chi connectivity index (χ0) is 20.4. The number of ether oxygens (including phenoxy) is 1. The highest BCUT2D eigenvalue weighted by Crippen LogP contribution is 2.29. The number of halogens is 2. The minimum absolute atomic E-state index is 0.0860. The third-order valence-electron chi connectivity index (χ3n) is 5.06. The molecule has 3 heterocycles. The molecule has 1 aliphatic rings. The lowest BCUT2D eigenvalue weighted by Gasteiger charge is -2.32. The number of hydrogen-bond donors (Lipinski definition) is 3. The molecule has 10 heteroatoms. The quantitative estimate of drug-likeness (QED) is 0.593. The number of aromatic nitrogens is 4. The molecule has 0 bridgehead atoms. The Morgan fingerprint density at radius 2 is 2.07 bits per heavy atom. The van der Waals surface area contributed by atoms with E-state index in [1.54, 1.807) is 18.5 Å². The first kappa shape index (κ1) is 19.4. The number of nitrogens with zero attached hydrogens (tertiary/aromatic N) is 3. The van der Waals surface area contributed by atoms with Gasteiger partial charge in [0.05, 0.1) is 24.4 Å². The summed E-state index contributed by atoms with van der Waals surface area (Å²) in [5, 5.41) is 7.19. The summed E-state index contributed by atoms with van der Waals surface area (Å²) in [4.78, 5) is 27.4. The number of amides is 1. The molecular formula is C19H20ClFN6O2. The summed E-state index contributed by atoms with van der Waals surface area (Å²) in [5.74, 6) is -0.132. The second-order valence-electron chi connectivity index (χ2n) is 6.92. The van der Waals surface area contributed by atoms with E-state index < -0.39 is 11.9 Å². The Kier molecular flexibility index (Phi) is 5.48. The van der Waals surface area contributed by atoms with E-state index in [1.807, 2.05) is 0 Å². The van der Waals surface area contributed by atoms with Crippen molar-refractivity contribution in [1.29, 1.82) is 0 Å². The molecule has 0 saturated heterocycles. The third-order valence-corrected chi connectivity index (χ3v) is 5.27. The van der Waals surface area contributed by atoms with Gasteiger partial charge in [0, 0.05) is 29.4 Å². The maximum Gasteiger partial charge on any atom is 0.407 e. The number of rotatable bonds is 4. The SMILES string of the molecule is COC(=O)N[C@H]1CCCC[C@@H]1Nc1nc(-c2c[nH]c3ncc(Cl)cc23)ncc1F. The number of aromatic amines is 1. The van der Waals surface area contributed by atoms with E-state index >= 15 is 0 Å². The topological polar surface area (TPSA) is 105 Å². The van der Waals surface area contributed by atoms with Crippen molar-refractivity contribution >= 4 is 34.5 Å². The number of carbonyl (C=O) groups excluding carboxylic acids is 1. The maximum absolute atomic E-state index is 14.5. The molecule has 1 fully saturated rings. The number of carbonyl (C=O) groups is 1. The van der Waals surface area contributed by atoms with Gasteiger partial charge in [-0.2, -0.15) is 0 Å². The lowest BCUT2D eigenvalue weighted by molar-refractivity contribution is 0.161. The number of methoxy groups -OCH3 is 1. The minimum atomic E-state index is -0.563. The van der Waals surface area contributed by atoms with Crippen LogP contribution in [0.1, 0.15) is 25.7 Å². The molecule has 3 N–H and O–H groups in total. The molecule has 3 aromatic heterocycles. The summed E-state index contributed by atoms with van der Waals surface area (Å²) in [6, 6.07) is 1.41. The maximum atomic E-state index is 14.5. The van der Waals surface area contributed by atoms with Gasteiger partial charge in [-0.05, 0) is 18.9 Å². The Balaban J connectivity index is 1.62. The van der Waals surface area contributed by atoms with Crippen molar-refractivity contribution < 1.29 is 13.9 Å². The van der Waals surface area contributed by atoms with Crippen LogP contribution in [-0.2, 0) is 4.74 Å². The molecule has 4 rings (SSSR count). The lowest BCUT2D eigenvalue weighted by Crippen LogP contribution is -2.48. The molecule has 1 amide bonds. The van der Waals surface area contributed by atoms with Gasteiger partial charge in [0.2, 0.25) is 0 Å². The fourth-order valence-electron chi connectivity index (χ4n) is 3.62. The van der Waals surface area contributed by atoms with E-state index in [2.05, 4.69) is 30.6 Å². The van der Waals surface area contributed by atoms with Gasteiger partial charge in [-0.3, -0.25) is 0 Å². The van der Waals surface area contributed by atoms with Gasteiger partial charge in [0.1, 0.15) is 5.65 Å². The first-order chi connectivity index (χ1) is 14.0. The van der Waals surface area contributed by atoms with Gasteiger partial charge < -0.3 is 20.4 Å². The van der Waals surface area contributed by atoms with E-state index in [4.69, 9.17) is 16.3 Å². The molecule has 29 heavy (non-hydrogen) atoms. The average molecular weight is 419 g/mol. The molecule has 3 aromatic rings. The van der Waals surface area contributed by atoms with Crippen molar-refractivity contribution in [2.75, 3.05) is 12.4 Å². The van der Waals surface area contributed by atoms with Crippen LogP contribution in [0, 0.1) is 5.82 Å². The average Bonchev–Trinajstić information content (AvgIpc) is 3.14. The predicted octanol–water partition coefficient (Wildman–Crippen LogP) is 3.89. The van der Waals surface area contributed by atoms with Crippen molar-refractivity contribution in [3.63, 3.8) is 0 Å². The summed E-state index contributed by atoms with van der Waals surface area (Å²) < 4.78 is 19.2. The van der Waals surface area contributed by atoms with Gasteiger partial charge in [-0.25, -0.2) is 24.1 Å². The van der Waals surface area contributed by atoms with Crippen LogP contribution >= 0.6 is 11.6 Å². The number of alkyl carbamates (subject to hydrolysis) is 1. The van der Waals surface area contributed by atoms with Crippen molar-refractivity contribution in [3.05, 3.63) is 35.5 Å². The molecule has 0 aliphatic heterocycles. The van der Waals surface area contributed by atoms with Gasteiger partial charge in [0.25, 0.3) is 0 Å². The number of hydrogen-bond acceptors (Lipinski definition) is 6. The van der Waals surface area contributed by atoms with Crippen molar-refractivity contribution in [2.45, 2.75) is 37.8 Å². The van der Waals surface area contributed by atoms with E-state index in [1.165, 1.54) is 7.11 Å². The molecule has 0 spiro atoms. The van der Waals surface area contributed by atoms with Crippen LogP contribution in [0.5, 0.6) is 0 Å². The summed E-state index contributed by atoms with van der Waals surface area (Å²) in [5.41, 5.74) is 1.31. The summed E-state index contributed by atoms with van der Waals surface area (Å²) in [6.07, 6.45) is 7.39. The largest absolute Gasteiger partial charge is 0.453 e. The van der Waals surface area contributed by atoms with Crippen LogP contribution in [0.25, 0.3) is 22.4 Å². The number of H-pyrrole nitrogens is 1. The van der Waals surface area contributed by atoms with Gasteiger partial charge in [-0.1, -0.05) is 24.4 Å². The fourth-order valence-corrected chi connectivity index (χ4v) is 3.78. The molecule has 0 aromatic carbocycles. The number of nitrogens with one attached hydrogen (secondary N) is 3. The Hall–Kier alpha value is -2.94. The highest BCUT2D eigenvalue weighted by molar-refractivity contribution is 6.31. The normalized spacial score (nSPS) is 19.1. The third kappa shape index (κ3) is 4.09. The van der Waals surface area contributed by atoms with Gasteiger partial charge in [-0.15, -0.1) is 0 Å². The molecule has 8 nitrogen and oxygen atoms in total. The Labute approximate surface area is 171 Å². The summed E-state index contributed by atoms with van der Waals surface area (Å²) in [6.45, 7) is 0. The Morgan fingerprint density at radius 3 is 2.86 bits per heavy atom. The van der Waals surface area contributed by atoms with Crippen molar-refractivity contribution in [2.24, 2.45) is 0 Å². The highest BCUT2D eigenvalue weighted by Gasteiger charge is 2.28. The zero-order valence-corrected chi connectivity index (χ0v) is 16.5. The Bertz CT molecular complexity index is 1040. The van der Waals surface area contributed by atoms with Crippen LogP contribution in [0.3, 0.4) is 0 Å². The monoisotopic (exact) mass is 418 g/mol.